The molecule has 0 N–H and O–H groups in total. The Bertz CT molecular complexity index is 732. The molecule has 0 aromatic heterocycles. The van der Waals surface area contributed by atoms with Crippen LogP contribution in [0.4, 0.5) is 0 Å². The summed E-state index contributed by atoms with van der Waals surface area (Å²) in [6, 6.07) is 10.7. The number of benzene rings is 2. The molecule has 0 unspecified atom stereocenters. The number of hydrogen-bond donors (Lipinski definition) is 0. The summed E-state index contributed by atoms with van der Waals surface area (Å²) in [5.74, 6) is 0.516. The molecule has 0 fully saturated rings. The van der Waals surface area contributed by atoms with E-state index in [0.717, 1.165) is 10.5 Å². The fourth-order valence-corrected chi connectivity index (χ4v) is 3.23. The molecule has 0 aliphatic carbocycles. The molecule has 0 saturated heterocycles. The van der Waals surface area contributed by atoms with Gasteiger partial charge < -0.3 is 4.21 Å². The minimum Gasteiger partial charge on any atom is -0.457 e. The van der Waals surface area contributed by atoms with E-state index in [-0.39, 0.29) is 0 Å². The number of hydrogen-bond acceptors (Lipinski definition) is 2. The van der Waals surface area contributed by atoms with Crippen LogP contribution in [0.15, 0.2) is 41.3 Å². The van der Waals surface area contributed by atoms with Gasteiger partial charge in [-0.2, -0.15) is 5.37 Å². The van der Waals surface area contributed by atoms with Crippen molar-refractivity contribution in [1.29, 1.82) is 0 Å². The highest BCUT2D eigenvalue weighted by atomic mass is 32.2. The summed E-state index contributed by atoms with van der Waals surface area (Å²) in [4.78, 5) is 0.922. The van der Waals surface area contributed by atoms with Crippen molar-refractivity contribution in [3.63, 3.8) is 0 Å². The lowest BCUT2D eigenvalue weighted by molar-refractivity contribution is 0.603. The second kappa shape index (κ2) is 4.29. The largest absolute Gasteiger partial charge is 0.457 e. The maximum Gasteiger partial charge on any atom is -0.0179 e. The summed E-state index contributed by atoms with van der Waals surface area (Å²) in [6.45, 7) is 4.38. The lowest BCUT2D eigenvalue weighted by atomic mass is 9.98. The van der Waals surface area contributed by atoms with Crippen LogP contribution in [-0.4, -0.2) is 5.37 Å². The Morgan fingerprint density at radius 1 is 1.06 bits per heavy atom. The molecule has 0 saturated carbocycles. The first kappa shape index (κ1) is 11.5. The van der Waals surface area contributed by atoms with E-state index in [4.69, 9.17) is 0 Å². The molecule has 0 spiro atoms. The Morgan fingerprint density at radius 2 is 1.89 bits per heavy atom. The zero-order valence-electron chi connectivity index (χ0n) is 10.5. The highest BCUT2D eigenvalue weighted by Crippen LogP contribution is 2.27. The van der Waals surface area contributed by atoms with Crippen molar-refractivity contribution in [2.45, 2.75) is 24.7 Å². The van der Waals surface area contributed by atoms with E-state index in [0.29, 0.717) is 5.92 Å². The van der Waals surface area contributed by atoms with Crippen molar-refractivity contribution in [2.75, 3.05) is 0 Å². The monoisotopic (exact) mass is 255 g/mol. The van der Waals surface area contributed by atoms with Crippen LogP contribution >= 0.6 is 0 Å². The molecule has 92 valence electrons. The third kappa shape index (κ3) is 1.87. The molecule has 1 heterocycles. The summed E-state index contributed by atoms with van der Waals surface area (Å²) >= 11 is 0. The van der Waals surface area contributed by atoms with Gasteiger partial charge in [-0.15, -0.1) is 4.90 Å². The molecule has 18 heavy (non-hydrogen) atoms. The van der Waals surface area contributed by atoms with Gasteiger partial charge in [-0.1, -0.05) is 50.3 Å². The molecule has 1 nitrogen and oxygen atoms in total. The van der Waals surface area contributed by atoms with Crippen LogP contribution in [0, 0.1) is 0 Å². The van der Waals surface area contributed by atoms with Crippen LogP contribution in [0.1, 0.15) is 30.9 Å². The molecule has 0 radical (unpaired) electrons. The molecule has 0 atom stereocenters. The lowest BCUT2D eigenvalue weighted by Gasteiger charge is -2.16. The van der Waals surface area contributed by atoms with Crippen molar-refractivity contribution in [3.05, 3.63) is 47.5 Å². The smallest absolute Gasteiger partial charge is 0.0179 e. The van der Waals surface area contributed by atoms with Gasteiger partial charge in [0.25, 0.3) is 0 Å². The molecule has 2 heteroatoms. The van der Waals surface area contributed by atoms with Crippen LogP contribution in [0.25, 0.3) is 16.8 Å². The van der Waals surface area contributed by atoms with Gasteiger partial charge in [-0.3, -0.25) is 0 Å². The molecule has 0 amide bonds. The average Bonchev–Trinajstić information content (AvgIpc) is 2.36. The molecule has 2 aromatic carbocycles. The zero-order chi connectivity index (χ0) is 12.7. The second-order valence-electron chi connectivity index (χ2n) is 4.94. The molecular weight excluding hydrogens is 240 g/mol. The van der Waals surface area contributed by atoms with Gasteiger partial charge in [-0.05, 0) is 33.9 Å². The number of allylic oxidation sites excluding steroid dienone is 1. The van der Waals surface area contributed by atoms with E-state index in [1.807, 2.05) is 12.2 Å². The number of rotatable bonds is 1. The Balaban J connectivity index is 2.29. The summed E-state index contributed by atoms with van der Waals surface area (Å²) in [5.41, 5.74) is 2.39. The van der Waals surface area contributed by atoms with Crippen LogP contribution in [-0.2, 0) is 14.6 Å². The van der Waals surface area contributed by atoms with Crippen LogP contribution in [0.3, 0.4) is 0 Å². The standard InChI is InChI=1S/C16H15OS/c1-11(2)12-5-6-13-9-14-4-3-7-18(17)16(14)10-15(13)8-12/h3-11H,1-2H3/q-1. The van der Waals surface area contributed by atoms with Gasteiger partial charge in [0.1, 0.15) is 0 Å². The Kier molecular flexibility index (Phi) is 2.75. The van der Waals surface area contributed by atoms with Crippen molar-refractivity contribution in [3.8, 4) is 0 Å². The van der Waals surface area contributed by atoms with Crippen molar-refractivity contribution in [1.82, 2.24) is 0 Å². The van der Waals surface area contributed by atoms with Crippen molar-refractivity contribution < 1.29 is 4.21 Å². The molecule has 2 aromatic rings. The quantitative estimate of drug-likeness (QED) is 0.553. The van der Waals surface area contributed by atoms with Gasteiger partial charge in [0, 0.05) is 0 Å². The predicted molar refractivity (Wildman–Crippen MR) is 79.5 cm³/mol. The highest BCUT2D eigenvalue weighted by molar-refractivity contribution is 7.84. The van der Waals surface area contributed by atoms with Gasteiger partial charge in [0.05, 0.1) is 0 Å². The summed E-state index contributed by atoms with van der Waals surface area (Å²) in [7, 11) is -1.00. The van der Waals surface area contributed by atoms with Crippen LogP contribution < -0.4 is 0 Å². The maximum atomic E-state index is 12.0. The summed E-state index contributed by atoms with van der Waals surface area (Å²) < 4.78 is 12.0. The van der Waals surface area contributed by atoms with E-state index < -0.39 is 10.4 Å². The minimum absolute atomic E-state index is 0.516. The number of fused-ring (bicyclic) bond motifs is 2. The Labute approximate surface area is 109 Å². The first-order valence-corrected chi connectivity index (χ1v) is 7.36. The van der Waals surface area contributed by atoms with Crippen molar-refractivity contribution >= 4 is 32.6 Å². The highest BCUT2D eigenvalue weighted by Gasteiger charge is 2.03. The molecule has 0 bridgehead atoms. The first-order chi connectivity index (χ1) is 8.65. The minimum atomic E-state index is -1.00. The van der Waals surface area contributed by atoms with E-state index in [1.165, 1.54) is 16.3 Å². The average molecular weight is 255 g/mol. The fourth-order valence-electron chi connectivity index (χ4n) is 2.26. The third-order valence-corrected chi connectivity index (χ3v) is 4.55. The Morgan fingerprint density at radius 3 is 2.67 bits per heavy atom. The van der Waals surface area contributed by atoms with Gasteiger partial charge in [0.15, 0.2) is 0 Å². The third-order valence-electron chi connectivity index (χ3n) is 3.35. The van der Waals surface area contributed by atoms with Gasteiger partial charge in [-0.25, -0.2) is 10.4 Å². The van der Waals surface area contributed by atoms with Gasteiger partial charge >= 0.3 is 0 Å². The van der Waals surface area contributed by atoms with Crippen molar-refractivity contribution in [2.24, 2.45) is 0 Å². The molecule has 3 rings (SSSR count). The molecular formula is C16H15OS-. The van der Waals surface area contributed by atoms with E-state index in [9.17, 15) is 4.21 Å². The van der Waals surface area contributed by atoms with E-state index in [2.05, 4.69) is 44.2 Å². The van der Waals surface area contributed by atoms with E-state index in [1.54, 1.807) is 5.37 Å². The normalized spacial score (nSPS) is 14.8. The fraction of sp³-hybridized carbons (Fsp3) is 0.188. The van der Waals surface area contributed by atoms with E-state index >= 15 is 0 Å². The first-order valence-electron chi connectivity index (χ1n) is 6.15. The summed E-state index contributed by atoms with van der Waals surface area (Å²) in [6.07, 6.45) is 3.89. The lowest BCUT2D eigenvalue weighted by Crippen LogP contribution is -1.94. The van der Waals surface area contributed by atoms with Crippen LogP contribution in [0.5, 0.6) is 0 Å². The zero-order valence-corrected chi connectivity index (χ0v) is 11.3. The molecule has 1 aliphatic rings. The topological polar surface area (TPSA) is 17.1 Å². The summed E-state index contributed by atoms with van der Waals surface area (Å²) in [5, 5.41) is 4.12. The SMILES string of the molecule is CC(C)c1ccc2cc3c(cc2c1)[S-](=O)=CC=C3. The Hall–Kier alpha value is -1.54. The van der Waals surface area contributed by atoms with Gasteiger partial charge in [0.2, 0.25) is 0 Å². The van der Waals surface area contributed by atoms with Crippen LogP contribution in [0.2, 0.25) is 0 Å². The predicted octanol–water partition coefficient (Wildman–Crippen LogP) is 4.11. The second-order valence-corrected chi connectivity index (χ2v) is 6.25. The maximum absolute atomic E-state index is 12.0. The molecule has 1 aliphatic heterocycles.